The van der Waals surface area contributed by atoms with Gasteiger partial charge >= 0.3 is 19.8 Å². The molecule has 0 spiro atoms. The number of hydrogen-bond acceptors (Lipinski definition) is 9. The maximum absolute atomic E-state index is 12.4. The molecule has 0 aliphatic carbocycles. The predicted octanol–water partition coefficient (Wildman–Crippen LogP) is 8.66. The van der Waals surface area contributed by atoms with Gasteiger partial charge in [-0.1, -0.05) is 122 Å². The van der Waals surface area contributed by atoms with Crippen LogP contribution in [-0.2, 0) is 32.7 Å². The Morgan fingerprint density at radius 2 is 1.11 bits per heavy atom. The minimum Gasteiger partial charge on any atom is -0.462 e. The van der Waals surface area contributed by atoms with E-state index in [2.05, 4.69) is 42.7 Å². The number of phosphoric ester groups is 1. The summed E-state index contributed by atoms with van der Waals surface area (Å²) in [6.07, 6.45) is 28.9. The fraction of sp³-hybridized carbons (Fsp3) is 0.833. The van der Waals surface area contributed by atoms with E-state index in [1.165, 1.54) is 64.2 Å². The van der Waals surface area contributed by atoms with Gasteiger partial charge in [0.2, 0.25) is 0 Å². The van der Waals surface area contributed by atoms with Gasteiger partial charge in [0.05, 0.1) is 19.8 Å². The van der Waals surface area contributed by atoms with Gasteiger partial charge in [0.15, 0.2) is 6.10 Å². The number of carbonyl (C=O) groups excluding carboxylic acids is 2. The van der Waals surface area contributed by atoms with Gasteiger partial charge in [0, 0.05) is 12.8 Å². The molecule has 0 aromatic rings. The third kappa shape index (κ3) is 32.8. The molecule has 0 amide bonds. The second-order valence-electron chi connectivity index (χ2n) is 12.3. The summed E-state index contributed by atoms with van der Waals surface area (Å²) in [6.45, 7) is 2.27. The Labute approximate surface area is 285 Å². The van der Waals surface area contributed by atoms with Gasteiger partial charge in [0.1, 0.15) is 12.7 Å². The summed E-state index contributed by atoms with van der Waals surface area (Å²) in [5.41, 5.74) is 0. The van der Waals surface area contributed by atoms with Crippen LogP contribution < -0.4 is 0 Å². The number of aliphatic hydroxyl groups excluding tert-OH is 2. The molecule has 0 rings (SSSR count). The zero-order valence-corrected chi connectivity index (χ0v) is 30.4. The lowest BCUT2D eigenvalue weighted by atomic mass is 10.1. The van der Waals surface area contributed by atoms with Gasteiger partial charge in [-0.15, -0.1) is 0 Å². The van der Waals surface area contributed by atoms with Gasteiger partial charge in [-0.05, 0) is 44.9 Å². The van der Waals surface area contributed by atoms with E-state index >= 15 is 0 Å². The molecule has 10 nitrogen and oxygen atoms in total. The summed E-state index contributed by atoms with van der Waals surface area (Å²) in [5.74, 6) is -0.941. The number of unbranched alkanes of at least 4 members (excludes halogenated alkanes) is 16. The van der Waals surface area contributed by atoms with Crippen molar-refractivity contribution in [3.8, 4) is 0 Å². The van der Waals surface area contributed by atoms with Gasteiger partial charge in [0.25, 0.3) is 0 Å². The smallest absolute Gasteiger partial charge is 0.462 e. The third-order valence-electron chi connectivity index (χ3n) is 7.61. The molecule has 0 heterocycles. The molecule has 276 valence electrons. The monoisotopic (exact) mass is 690 g/mol. The van der Waals surface area contributed by atoms with E-state index in [9.17, 15) is 24.2 Å². The van der Waals surface area contributed by atoms with Crippen LogP contribution in [0, 0.1) is 0 Å². The molecule has 3 atom stereocenters. The van der Waals surface area contributed by atoms with Crippen LogP contribution in [0.25, 0.3) is 0 Å². The summed E-state index contributed by atoms with van der Waals surface area (Å²) in [5, 5.41) is 18.2. The van der Waals surface area contributed by atoms with Crippen molar-refractivity contribution in [2.75, 3.05) is 26.4 Å². The highest BCUT2D eigenvalue weighted by molar-refractivity contribution is 7.47. The molecular weight excluding hydrogens is 623 g/mol. The lowest BCUT2D eigenvalue weighted by Crippen LogP contribution is -2.29. The Bertz CT molecular complexity index is 848. The zero-order chi connectivity index (χ0) is 34.9. The molecule has 0 aromatic carbocycles. The van der Waals surface area contributed by atoms with E-state index in [1.54, 1.807) is 0 Å². The van der Waals surface area contributed by atoms with Gasteiger partial charge in [-0.3, -0.25) is 18.6 Å². The quantitative estimate of drug-likeness (QED) is 0.0259. The molecule has 0 bridgehead atoms. The molecule has 0 fully saturated rings. The first kappa shape index (κ1) is 45.5. The summed E-state index contributed by atoms with van der Waals surface area (Å²) >= 11 is 0. The standard InChI is InChI=1S/C36H67O10P/c1-3-5-7-9-11-12-13-14-15-16-17-18-19-20-22-23-25-27-35(39)43-31-34(32-45-47(41,42)44-30-33(38)29-37)46-36(40)28-26-24-21-10-8-6-4-2/h11-12,14-15,33-34,37-38H,3-10,13,16-32H2,1-2H3,(H,41,42)/b12-11+,15-14+/t33-,34+/m1/s1. The van der Waals surface area contributed by atoms with E-state index < -0.39 is 51.8 Å². The second kappa shape index (κ2) is 33.0. The van der Waals surface area contributed by atoms with Gasteiger partial charge in [-0.25, -0.2) is 4.57 Å². The lowest BCUT2D eigenvalue weighted by molar-refractivity contribution is -0.161. The first-order chi connectivity index (χ1) is 22.7. The molecule has 0 aliphatic heterocycles. The average molecular weight is 691 g/mol. The Hall–Kier alpha value is -1.55. The molecule has 1 unspecified atom stereocenters. The van der Waals surface area contributed by atoms with Crippen molar-refractivity contribution >= 4 is 19.8 Å². The van der Waals surface area contributed by atoms with Crippen molar-refractivity contribution in [2.45, 2.75) is 167 Å². The van der Waals surface area contributed by atoms with Crippen molar-refractivity contribution in [1.82, 2.24) is 0 Å². The number of hydrogen-bond donors (Lipinski definition) is 3. The third-order valence-corrected chi connectivity index (χ3v) is 8.56. The van der Waals surface area contributed by atoms with Crippen LogP contribution in [0.15, 0.2) is 24.3 Å². The summed E-state index contributed by atoms with van der Waals surface area (Å²) < 4.78 is 32.4. The molecule has 0 saturated heterocycles. The Kier molecular flexibility index (Phi) is 31.9. The maximum Gasteiger partial charge on any atom is 0.472 e. The normalized spacial score (nSPS) is 14.4. The average Bonchev–Trinajstić information content (AvgIpc) is 3.05. The van der Waals surface area contributed by atoms with E-state index in [4.69, 9.17) is 19.1 Å². The number of carbonyl (C=O) groups is 2. The Balaban J connectivity index is 4.28. The van der Waals surface area contributed by atoms with Crippen molar-refractivity contribution in [3.63, 3.8) is 0 Å². The fourth-order valence-corrected chi connectivity index (χ4v) is 5.52. The van der Waals surface area contributed by atoms with E-state index in [-0.39, 0.29) is 19.4 Å². The van der Waals surface area contributed by atoms with Crippen LogP contribution in [0.3, 0.4) is 0 Å². The van der Waals surface area contributed by atoms with E-state index in [0.717, 1.165) is 51.4 Å². The molecule has 3 N–H and O–H groups in total. The maximum atomic E-state index is 12.4. The number of rotatable bonds is 34. The largest absolute Gasteiger partial charge is 0.472 e. The number of ether oxygens (including phenoxy) is 2. The highest BCUT2D eigenvalue weighted by Crippen LogP contribution is 2.43. The number of phosphoric acid groups is 1. The van der Waals surface area contributed by atoms with E-state index in [1.807, 2.05) is 0 Å². The molecule has 11 heteroatoms. The fourth-order valence-electron chi connectivity index (χ4n) is 4.73. The lowest BCUT2D eigenvalue weighted by Gasteiger charge is -2.20. The van der Waals surface area contributed by atoms with Crippen LogP contribution in [0.5, 0.6) is 0 Å². The summed E-state index contributed by atoms with van der Waals surface area (Å²) in [6, 6.07) is 0. The SMILES string of the molecule is CCCCC/C=C/C/C=C/CCCCCCCCCC(=O)OC[C@@H](COP(=O)(O)OC[C@H](O)CO)OC(=O)CCCCCCCCC. The minimum atomic E-state index is -4.60. The molecular formula is C36H67O10P. The number of allylic oxidation sites excluding steroid dienone is 4. The molecule has 0 aliphatic rings. The highest BCUT2D eigenvalue weighted by Gasteiger charge is 2.27. The first-order valence-corrected chi connectivity index (χ1v) is 19.8. The van der Waals surface area contributed by atoms with Crippen LogP contribution in [-0.4, -0.2) is 65.7 Å². The van der Waals surface area contributed by atoms with Crippen LogP contribution in [0.1, 0.15) is 155 Å². The van der Waals surface area contributed by atoms with Crippen molar-refractivity contribution < 1.29 is 47.8 Å². The molecule has 47 heavy (non-hydrogen) atoms. The Morgan fingerprint density at radius 3 is 1.68 bits per heavy atom. The van der Waals surface area contributed by atoms with Gasteiger partial charge in [-0.2, -0.15) is 0 Å². The minimum absolute atomic E-state index is 0.182. The molecule has 0 radical (unpaired) electrons. The summed E-state index contributed by atoms with van der Waals surface area (Å²) in [7, 11) is -4.60. The Morgan fingerprint density at radius 1 is 0.638 bits per heavy atom. The first-order valence-electron chi connectivity index (χ1n) is 18.3. The summed E-state index contributed by atoms with van der Waals surface area (Å²) in [4.78, 5) is 34.6. The van der Waals surface area contributed by atoms with Crippen LogP contribution in [0.4, 0.5) is 0 Å². The highest BCUT2D eigenvalue weighted by atomic mass is 31.2. The molecule has 0 aromatic heterocycles. The van der Waals surface area contributed by atoms with E-state index in [0.29, 0.717) is 12.8 Å². The topological polar surface area (TPSA) is 149 Å². The van der Waals surface area contributed by atoms with Crippen molar-refractivity contribution in [2.24, 2.45) is 0 Å². The van der Waals surface area contributed by atoms with Crippen LogP contribution >= 0.6 is 7.82 Å². The predicted molar refractivity (Wildman–Crippen MR) is 187 cm³/mol. The molecule has 0 saturated carbocycles. The van der Waals surface area contributed by atoms with Crippen LogP contribution in [0.2, 0.25) is 0 Å². The van der Waals surface area contributed by atoms with Crippen molar-refractivity contribution in [3.05, 3.63) is 24.3 Å². The van der Waals surface area contributed by atoms with Gasteiger partial charge < -0.3 is 24.6 Å². The zero-order valence-electron chi connectivity index (χ0n) is 29.5. The second-order valence-corrected chi connectivity index (χ2v) is 13.7. The van der Waals surface area contributed by atoms with Crippen molar-refractivity contribution in [1.29, 1.82) is 0 Å². The number of esters is 2. The number of aliphatic hydroxyl groups is 2.